The number of carbonyl (C=O) groups is 2. The van der Waals surface area contributed by atoms with Crippen molar-refractivity contribution in [2.75, 3.05) is 18.5 Å². The SMILES string of the molecule is CC(C)CCC(C)Cc1ccc2c(c1)N(C)C(=O)CN=C2c1ccc(C(=O)O)cc1. The molecular formula is C25H30N2O3. The number of carboxylic acid groups (broad SMARTS) is 1. The fourth-order valence-corrected chi connectivity index (χ4v) is 3.79. The number of fused-ring (bicyclic) bond motifs is 1. The lowest BCUT2D eigenvalue weighted by Crippen LogP contribution is -2.28. The van der Waals surface area contributed by atoms with E-state index in [4.69, 9.17) is 5.11 Å². The topological polar surface area (TPSA) is 70.0 Å². The molecule has 1 aliphatic heterocycles. The molecule has 1 heterocycles. The van der Waals surface area contributed by atoms with Gasteiger partial charge in [-0.1, -0.05) is 57.9 Å². The maximum Gasteiger partial charge on any atom is 0.335 e. The fourth-order valence-electron chi connectivity index (χ4n) is 3.79. The molecule has 0 aliphatic carbocycles. The highest BCUT2D eigenvalue weighted by molar-refractivity contribution is 6.19. The number of hydrogen-bond acceptors (Lipinski definition) is 3. The number of rotatable bonds is 7. The number of likely N-dealkylation sites (N-methyl/N-ethyl adjacent to an activating group) is 1. The normalized spacial score (nSPS) is 14.9. The third kappa shape index (κ3) is 4.96. The molecule has 2 aromatic rings. The van der Waals surface area contributed by atoms with Gasteiger partial charge in [-0.05, 0) is 42.0 Å². The molecule has 158 valence electrons. The van der Waals surface area contributed by atoms with E-state index in [2.05, 4.69) is 37.9 Å². The second kappa shape index (κ2) is 9.24. The molecular weight excluding hydrogens is 376 g/mol. The largest absolute Gasteiger partial charge is 0.478 e. The molecule has 1 atom stereocenters. The smallest absolute Gasteiger partial charge is 0.335 e. The Morgan fingerprint density at radius 3 is 2.43 bits per heavy atom. The first-order chi connectivity index (χ1) is 14.3. The van der Waals surface area contributed by atoms with E-state index in [-0.39, 0.29) is 18.0 Å². The van der Waals surface area contributed by atoms with Crippen LogP contribution in [0, 0.1) is 11.8 Å². The number of benzene rings is 2. The quantitative estimate of drug-likeness (QED) is 0.717. The Morgan fingerprint density at radius 1 is 1.10 bits per heavy atom. The van der Waals surface area contributed by atoms with Crippen LogP contribution in [0.25, 0.3) is 0 Å². The summed E-state index contributed by atoms with van der Waals surface area (Å²) in [4.78, 5) is 29.9. The van der Waals surface area contributed by atoms with Gasteiger partial charge in [0.15, 0.2) is 0 Å². The van der Waals surface area contributed by atoms with Gasteiger partial charge < -0.3 is 10.0 Å². The molecule has 0 bridgehead atoms. The molecule has 0 spiro atoms. The Balaban J connectivity index is 1.93. The van der Waals surface area contributed by atoms with Gasteiger partial charge in [-0.25, -0.2) is 4.79 Å². The second-order valence-corrected chi connectivity index (χ2v) is 8.63. The van der Waals surface area contributed by atoms with E-state index >= 15 is 0 Å². The molecule has 2 aromatic carbocycles. The standard InChI is InChI=1S/C25H30N2O3/c1-16(2)5-6-17(3)13-18-7-12-21-22(14-18)27(4)23(28)15-26-24(21)19-8-10-20(11-9-19)25(29)30/h7-12,14,16-17H,5-6,13,15H2,1-4H3,(H,29,30). The zero-order valence-electron chi connectivity index (χ0n) is 18.2. The lowest BCUT2D eigenvalue weighted by molar-refractivity contribution is -0.116. The van der Waals surface area contributed by atoms with Crippen LogP contribution in [0.4, 0.5) is 5.69 Å². The minimum Gasteiger partial charge on any atom is -0.478 e. The van der Waals surface area contributed by atoms with Gasteiger partial charge in [0.2, 0.25) is 5.91 Å². The number of aliphatic imine (C=N–C) groups is 1. The van der Waals surface area contributed by atoms with Crippen LogP contribution in [0.1, 0.15) is 60.7 Å². The summed E-state index contributed by atoms with van der Waals surface area (Å²) in [5.74, 6) is 0.262. The molecule has 0 saturated carbocycles. The third-order valence-electron chi connectivity index (χ3n) is 5.65. The van der Waals surface area contributed by atoms with Gasteiger partial charge in [0.1, 0.15) is 6.54 Å². The number of nitrogens with zero attached hydrogens (tertiary/aromatic N) is 2. The monoisotopic (exact) mass is 406 g/mol. The van der Waals surface area contributed by atoms with Crippen LogP contribution in [0.15, 0.2) is 47.5 Å². The number of benzodiazepines with no additional fused rings is 1. The molecule has 30 heavy (non-hydrogen) atoms. The van der Waals surface area contributed by atoms with Crippen molar-refractivity contribution in [2.45, 2.75) is 40.0 Å². The summed E-state index contributed by atoms with van der Waals surface area (Å²) in [5.41, 5.74) is 4.72. The highest BCUT2D eigenvalue weighted by Crippen LogP contribution is 2.29. The van der Waals surface area contributed by atoms with E-state index in [1.54, 1.807) is 36.2 Å². The summed E-state index contributed by atoms with van der Waals surface area (Å²) in [6.45, 7) is 6.85. The Bertz CT molecular complexity index is 961. The van der Waals surface area contributed by atoms with Crippen LogP contribution in [-0.2, 0) is 11.2 Å². The van der Waals surface area contributed by atoms with Crippen molar-refractivity contribution in [1.82, 2.24) is 0 Å². The van der Waals surface area contributed by atoms with Gasteiger partial charge in [0.05, 0.1) is 17.0 Å². The van der Waals surface area contributed by atoms with Gasteiger partial charge in [-0.15, -0.1) is 0 Å². The van der Waals surface area contributed by atoms with Crippen molar-refractivity contribution in [3.05, 3.63) is 64.7 Å². The lowest BCUT2D eigenvalue weighted by Gasteiger charge is -2.20. The molecule has 1 N–H and O–H groups in total. The Labute approximate surface area is 178 Å². The molecule has 0 saturated heterocycles. The molecule has 0 aromatic heterocycles. The van der Waals surface area contributed by atoms with Gasteiger partial charge in [0, 0.05) is 18.2 Å². The summed E-state index contributed by atoms with van der Waals surface area (Å²) < 4.78 is 0. The molecule has 3 rings (SSSR count). The summed E-state index contributed by atoms with van der Waals surface area (Å²) in [6, 6.07) is 12.9. The van der Waals surface area contributed by atoms with E-state index < -0.39 is 5.97 Å². The predicted octanol–water partition coefficient (Wildman–Crippen LogP) is 4.81. The van der Waals surface area contributed by atoms with Crippen molar-refractivity contribution < 1.29 is 14.7 Å². The molecule has 1 unspecified atom stereocenters. The summed E-state index contributed by atoms with van der Waals surface area (Å²) in [5, 5.41) is 9.15. The van der Waals surface area contributed by atoms with Crippen LogP contribution in [0.2, 0.25) is 0 Å². The molecule has 1 amide bonds. The number of amides is 1. The summed E-state index contributed by atoms with van der Waals surface area (Å²) in [7, 11) is 1.79. The first kappa shape index (κ1) is 21.8. The Morgan fingerprint density at radius 2 is 1.80 bits per heavy atom. The zero-order chi connectivity index (χ0) is 21.8. The summed E-state index contributed by atoms with van der Waals surface area (Å²) >= 11 is 0. The van der Waals surface area contributed by atoms with Crippen LogP contribution in [-0.4, -0.2) is 36.3 Å². The molecule has 5 heteroatoms. The minimum absolute atomic E-state index is 0.0570. The highest BCUT2D eigenvalue weighted by atomic mass is 16.4. The maximum atomic E-state index is 12.5. The number of carbonyl (C=O) groups excluding carboxylic acids is 1. The Hall–Kier alpha value is -2.95. The van der Waals surface area contributed by atoms with Gasteiger partial charge in [-0.3, -0.25) is 9.79 Å². The van der Waals surface area contributed by atoms with E-state index in [1.807, 2.05) is 6.07 Å². The number of anilines is 1. The second-order valence-electron chi connectivity index (χ2n) is 8.63. The van der Waals surface area contributed by atoms with Crippen molar-refractivity contribution in [3.8, 4) is 0 Å². The minimum atomic E-state index is -0.962. The van der Waals surface area contributed by atoms with E-state index in [0.29, 0.717) is 11.8 Å². The van der Waals surface area contributed by atoms with E-state index in [9.17, 15) is 9.59 Å². The van der Waals surface area contributed by atoms with Crippen LogP contribution in [0.5, 0.6) is 0 Å². The molecule has 0 fully saturated rings. The Kier molecular flexibility index (Phi) is 6.70. The summed E-state index contributed by atoms with van der Waals surface area (Å²) in [6.07, 6.45) is 3.38. The average molecular weight is 407 g/mol. The van der Waals surface area contributed by atoms with Crippen molar-refractivity contribution in [3.63, 3.8) is 0 Å². The maximum absolute atomic E-state index is 12.5. The van der Waals surface area contributed by atoms with Crippen molar-refractivity contribution >= 4 is 23.3 Å². The van der Waals surface area contributed by atoms with Gasteiger partial charge in [0.25, 0.3) is 0 Å². The van der Waals surface area contributed by atoms with E-state index in [1.165, 1.54) is 18.4 Å². The molecule has 1 aliphatic rings. The first-order valence-electron chi connectivity index (χ1n) is 10.5. The molecule has 0 radical (unpaired) electrons. The number of aromatic carboxylic acids is 1. The van der Waals surface area contributed by atoms with Gasteiger partial charge >= 0.3 is 5.97 Å². The zero-order valence-corrected chi connectivity index (χ0v) is 18.2. The average Bonchev–Trinajstić information content (AvgIpc) is 2.84. The van der Waals surface area contributed by atoms with Crippen LogP contribution >= 0.6 is 0 Å². The van der Waals surface area contributed by atoms with Crippen molar-refractivity contribution in [1.29, 1.82) is 0 Å². The number of hydrogen-bond donors (Lipinski definition) is 1. The third-order valence-corrected chi connectivity index (χ3v) is 5.65. The first-order valence-corrected chi connectivity index (χ1v) is 10.5. The predicted molar refractivity (Wildman–Crippen MR) is 121 cm³/mol. The van der Waals surface area contributed by atoms with Crippen LogP contribution in [0.3, 0.4) is 0 Å². The lowest BCUT2D eigenvalue weighted by atomic mass is 9.91. The fraction of sp³-hybridized carbons (Fsp3) is 0.400. The van der Waals surface area contributed by atoms with E-state index in [0.717, 1.165) is 28.9 Å². The highest BCUT2D eigenvalue weighted by Gasteiger charge is 2.23. The van der Waals surface area contributed by atoms with Crippen molar-refractivity contribution in [2.24, 2.45) is 16.8 Å². The van der Waals surface area contributed by atoms with Gasteiger partial charge in [-0.2, -0.15) is 0 Å². The van der Waals surface area contributed by atoms with Crippen LogP contribution < -0.4 is 4.90 Å². The number of carboxylic acids is 1. The molecule has 5 nitrogen and oxygen atoms in total.